The molecule has 0 spiro atoms. The molecule has 1 saturated heterocycles. The van der Waals surface area contributed by atoms with Crippen LogP contribution >= 0.6 is 11.6 Å². The zero-order valence-corrected chi connectivity index (χ0v) is 19.1. The Balaban J connectivity index is 1.76. The molecule has 1 fully saturated rings. The average molecular weight is 461 g/mol. The lowest BCUT2D eigenvalue weighted by Gasteiger charge is -2.29. The normalized spacial score (nSPS) is 20.5. The molecule has 0 bridgehead atoms. The van der Waals surface area contributed by atoms with Crippen molar-refractivity contribution in [3.05, 3.63) is 64.2 Å². The van der Waals surface area contributed by atoms with Gasteiger partial charge in [-0.1, -0.05) is 29.8 Å². The van der Waals surface area contributed by atoms with Crippen molar-refractivity contribution in [3.8, 4) is 0 Å². The van der Waals surface area contributed by atoms with E-state index < -0.39 is 9.84 Å². The summed E-state index contributed by atoms with van der Waals surface area (Å²) >= 11 is 6.07. The quantitative estimate of drug-likeness (QED) is 0.747. The number of hydrazone groups is 1. The van der Waals surface area contributed by atoms with Crippen molar-refractivity contribution in [2.75, 3.05) is 36.5 Å². The lowest BCUT2D eigenvalue weighted by molar-refractivity contribution is 0.184. The Hall–Kier alpha value is -2.58. The summed E-state index contributed by atoms with van der Waals surface area (Å²) in [5.41, 5.74) is 4.58. The van der Waals surface area contributed by atoms with E-state index in [0.717, 1.165) is 22.4 Å². The minimum absolute atomic E-state index is 0.152. The van der Waals surface area contributed by atoms with Gasteiger partial charge in [0.25, 0.3) is 0 Å². The molecule has 1 N–H and O–H groups in total. The van der Waals surface area contributed by atoms with Crippen LogP contribution in [-0.4, -0.2) is 62.9 Å². The highest BCUT2D eigenvalue weighted by Gasteiger charge is 2.28. The van der Waals surface area contributed by atoms with Gasteiger partial charge in [-0.25, -0.2) is 18.2 Å². The van der Waals surface area contributed by atoms with Gasteiger partial charge in [-0.3, -0.25) is 0 Å². The van der Waals surface area contributed by atoms with Gasteiger partial charge in [-0.15, -0.1) is 0 Å². The number of hydrogen-bond acceptors (Lipinski definition) is 5. The molecule has 1 unspecified atom stereocenters. The number of urea groups is 1. The first kappa shape index (κ1) is 21.6. The number of hydrogen-bond donors (Lipinski definition) is 1. The van der Waals surface area contributed by atoms with Crippen molar-refractivity contribution < 1.29 is 13.2 Å². The summed E-state index contributed by atoms with van der Waals surface area (Å²) in [6.45, 7) is 2.94. The largest absolute Gasteiger partial charge is 0.369 e. The van der Waals surface area contributed by atoms with Gasteiger partial charge < -0.3 is 10.2 Å². The maximum atomic E-state index is 12.5. The second-order valence-corrected chi connectivity index (χ2v) is 10.6. The fourth-order valence-corrected chi connectivity index (χ4v) is 5.32. The molecule has 4 rings (SSSR count). The molecule has 0 saturated carbocycles. The van der Waals surface area contributed by atoms with Crippen molar-refractivity contribution >= 4 is 38.9 Å². The zero-order chi connectivity index (χ0) is 22.2. The van der Waals surface area contributed by atoms with Crippen LogP contribution in [0.15, 0.2) is 47.6 Å². The van der Waals surface area contributed by atoms with E-state index in [0.29, 0.717) is 30.2 Å². The van der Waals surface area contributed by atoms with Crippen molar-refractivity contribution in [3.63, 3.8) is 0 Å². The summed E-state index contributed by atoms with van der Waals surface area (Å²) in [5, 5.41) is 9.51. The Bertz CT molecular complexity index is 1120. The van der Waals surface area contributed by atoms with Gasteiger partial charge in [0.2, 0.25) is 0 Å². The number of nitrogens with zero attached hydrogens (tertiary/aromatic N) is 3. The van der Waals surface area contributed by atoms with E-state index >= 15 is 0 Å². The number of nitrogens with one attached hydrogen (secondary N) is 1. The molecule has 0 aliphatic carbocycles. The predicted molar refractivity (Wildman–Crippen MR) is 124 cm³/mol. The highest BCUT2D eigenvalue weighted by atomic mass is 35.5. The van der Waals surface area contributed by atoms with Crippen LogP contribution in [0.3, 0.4) is 0 Å². The molecule has 2 aromatic rings. The minimum atomic E-state index is -2.95. The Labute approximate surface area is 187 Å². The van der Waals surface area contributed by atoms with Crippen LogP contribution in [0.1, 0.15) is 23.6 Å². The first-order valence-electron chi connectivity index (χ1n) is 10.2. The van der Waals surface area contributed by atoms with E-state index in [1.165, 1.54) is 5.01 Å². The number of amides is 2. The van der Waals surface area contributed by atoms with Gasteiger partial charge in [-0.05, 0) is 43.2 Å². The van der Waals surface area contributed by atoms with Gasteiger partial charge in [0.1, 0.15) is 0 Å². The lowest BCUT2D eigenvalue weighted by atomic mass is 9.94. The van der Waals surface area contributed by atoms with Gasteiger partial charge >= 0.3 is 6.03 Å². The highest BCUT2D eigenvalue weighted by Crippen LogP contribution is 2.29. The summed E-state index contributed by atoms with van der Waals surface area (Å²) in [6, 6.07) is 13.1. The number of sulfone groups is 1. The summed E-state index contributed by atoms with van der Waals surface area (Å²) in [5.74, 6) is 0.338. The molecule has 2 amide bonds. The molecule has 0 radical (unpaired) electrons. The predicted octanol–water partition coefficient (Wildman–Crippen LogP) is 2.91. The summed E-state index contributed by atoms with van der Waals surface area (Å²) < 4.78 is 23.6. The minimum Gasteiger partial charge on any atom is -0.369 e. The van der Waals surface area contributed by atoms with E-state index in [1.54, 1.807) is 19.2 Å². The number of benzene rings is 2. The number of rotatable bonds is 2. The van der Waals surface area contributed by atoms with Gasteiger partial charge in [0, 0.05) is 42.0 Å². The Morgan fingerprint density at radius 3 is 2.45 bits per heavy atom. The molecule has 1 atom stereocenters. The van der Waals surface area contributed by atoms with E-state index in [2.05, 4.69) is 16.3 Å². The summed E-state index contributed by atoms with van der Waals surface area (Å²) in [7, 11) is -1.36. The Kier molecular flexibility index (Phi) is 5.94. The number of carbonyl (C=O) groups excluding carboxylic acids is 1. The second kappa shape index (κ2) is 8.51. The van der Waals surface area contributed by atoms with E-state index in [4.69, 9.17) is 16.7 Å². The monoisotopic (exact) mass is 460 g/mol. The van der Waals surface area contributed by atoms with Gasteiger partial charge in [0.05, 0.1) is 23.3 Å². The van der Waals surface area contributed by atoms with Crippen LogP contribution in [0.5, 0.6) is 0 Å². The van der Waals surface area contributed by atoms with Crippen LogP contribution in [-0.2, 0) is 16.3 Å². The first-order chi connectivity index (χ1) is 14.8. The standard InChI is InChI=1S/C22H25ClN4O3S/c1-15-13-17-14-19(26-9-11-31(29,30)12-10-26)7-8-20(17)21(25-27(15)22(28)24-2)16-3-5-18(23)6-4-16/h3-8,14-15H,9-13H2,1-2H3,(H,24,28). The molecule has 2 aromatic carbocycles. The SMILES string of the molecule is CNC(=O)N1N=C(c2ccc(Cl)cc2)c2ccc(N3CCS(=O)(=O)CC3)cc2CC1C. The Morgan fingerprint density at radius 1 is 1.13 bits per heavy atom. The van der Waals surface area contributed by atoms with Crippen LogP contribution in [0.4, 0.5) is 10.5 Å². The number of anilines is 1. The molecule has 164 valence electrons. The van der Waals surface area contributed by atoms with Crippen molar-refractivity contribution in [2.24, 2.45) is 5.10 Å². The summed E-state index contributed by atoms with van der Waals surface area (Å²) in [6.07, 6.45) is 0.628. The van der Waals surface area contributed by atoms with Crippen molar-refractivity contribution in [2.45, 2.75) is 19.4 Å². The molecule has 7 nitrogen and oxygen atoms in total. The maximum absolute atomic E-state index is 12.5. The average Bonchev–Trinajstić information content (AvgIpc) is 2.89. The smallest absolute Gasteiger partial charge is 0.337 e. The molecule has 2 aliphatic heterocycles. The maximum Gasteiger partial charge on any atom is 0.337 e. The molecular weight excluding hydrogens is 436 g/mol. The van der Waals surface area contributed by atoms with Crippen LogP contribution in [0, 0.1) is 0 Å². The van der Waals surface area contributed by atoms with E-state index in [9.17, 15) is 13.2 Å². The summed E-state index contributed by atoms with van der Waals surface area (Å²) in [4.78, 5) is 14.6. The third-order valence-electron chi connectivity index (χ3n) is 5.73. The topological polar surface area (TPSA) is 82.1 Å². The number of halogens is 1. The van der Waals surface area contributed by atoms with E-state index in [-0.39, 0.29) is 23.6 Å². The number of fused-ring (bicyclic) bond motifs is 1. The fraction of sp³-hybridized carbons (Fsp3) is 0.364. The number of carbonyl (C=O) groups is 1. The molecule has 9 heteroatoms. The highest BCUT2D eigenvalue weighted by molar-refractivity contribution is 7.91. The van der Waals surface area contributed by atoms with Gasteiger partial charge in [0.15, 0.2) is 9.84 Å². The van der Waals surface area contributed by atoms with Crippen LogP contribution < -0.4 is 10.2 Å². The first-order valence-corrected chi connectivity index (χ1v) is 12.4. The third-order valence-corrected chi connectivity index (χ3v) is 7.59. The third kappa shape index (κ3) is 4.55. The van der Waals surface area contributed by atoms with Gasteiger partial charge in [-0.2, -0.15) is 5.10 Å². The molecule has 31 heavy (non-hydrogen) atoms. The molecule has 2 aliphatic rings. The Morgan fingerprint density at radius 2 is 1.81 bits per heavy atom. The zero-order valence-electron chi connectivity index (χ0n) is 17.5. The molecule has 0 aromatic heterocycles. The second-order valence-electron chi connectivity index (χ2n) is 7.89. The van der Waals surface area contributed by atoms with Crippen LogP contribution in [0.25, 0.3) is 0 Å². The van der Waals surface area contributed by atoms with Crippen molar-refractivity contribution in [1.82, 2.24) is 10.3 Å². The fourth-order valence-electron chi connectivity index (χ4n) is 3.99. The molecular formula is C22H25ClN4O3S. The van der Waals surface area contributed by atoms with E-state index in [1.807, 2.05) is 31.2 Å². The van der Waals surface area contributed by atoms with Crippen molar-refractivity contribution in [1.29, 1.82) is 0 Å². The molecule has 2 heterocycles. The lowest BCUT2D eigenvalue weighted by Crippen LogP contribution is -2.41. The van der Waals surface area contributed by atoms with Crippen LogP contribution in [0.2, 0.25) is 5.02 Å².